The molecule has 0 spiro atoms. The van der Waals surface area contributed by atoms with E-state index in [2.05, 4.69) is 24.5 Å². The highest BCUT2D eigenvalue weighted by Crippen LogP contribution is 2.15. The monoisotopic (exact) mass is 368 g/mol. The van der Waals surface area contributed by atoms with Gasteiger partial charge in [0.05, 0.1) is 7.05 Å². The highest BCUT2D eigenvalue weighted by atomic mass is 16.2. The van der Waals surface area contributed by atoms with Gasteiger partial charge in [-0.1, -0.05) is 44.2 Å². The minimum Gasteiger partial charge on any atom is -0.321 e. The van der Waals surface area contributed by atoms with Gasteiger partial charge in [-0.05, 0) is 49.1 Å². The molecule has 2 atom stereocenters. The zero-order valence-corrected chi connectivity index (χ0v) is 16.6. The number of para-hydroxylation sites is 1. The van der Waals surface area contributed by atoms with Crippen LogP contribution in [0.3, 0.4) is 0 Å². The summed E-state index contributed by atoms with van der Waals surface area (Å²) in [6, 6.07) is 15.3. The minimum absolute atomic E-state index is 0.0969. The summed E-state index contributed by atoms with van der Waals surface area (Å²) in [7, 11) is 1.86. The van der Waals surface area contributed by atoms with Crippen LogP contribution in [0.25, 0.3) is 0 Å². The molecule has 0 radical (unpaired) electrons. The van der Waals surface area contributed by atoms with Crippen molar-refractivity contribution in [3.05, 3.63) is 59.7 Å². The summed E-state index contributed by atoms with van der Waals surface area (Å²) in [6.07, 6.45) is 1.82. The zero-order chi connectivity index (χ0) is 19.8. The molecule has 0 heterocycles. The molecule has 0 bridgehead atoms. The van der Waals surface area contributed by atoms with E-state index in [-0.39, 0.29) is 24.4 Å². The van der Waals surface area contributed by atoms with Crippen molar-refractivity contribution >= 4 is 23.2 Å². The van der Waals surface area contributed by atoms with Crippen LogP contribution in [0.1, 0.15) is 31.9 Å². The Morgan fingerprint density at radius 2 is 1.63 bits per heavy atom. The highest BCUT2D eigenvalue weighted by molar-refractivity contribution is 5.94. The third-order valence-electron chi connectivity index (χ3n) is 4.87. The number of aryl methyl sites for hydroxylation is 2. The average Bonchev–Trinajstić information content (AvgIpc) is 2.68. The van der Waals surface area contributed by atoms with Gasteiger partial charge in [-0.3, -0.25) is 9.59 Å². The molecule has 0 fully saturated rings. The second kappa shape index (κ2) is 9.88. The van der Waals surface area contributed by atoms with Crippen LogP contribution in [-0.2, 0) is 22.4 Å². The van der Waals surface area contributed by atoms with Crippen molar-refractivity contribution in [2.75, 3.05) is 24.2 Å². The van der Waals surface area contributed by atoms with Gasteiger partial charge in [0.2, 0.25) is 0 Å². The molecule has 5 nitrogen and oxygen atoms in total. The summed E-state index contributed by atoms with van der Waals surface area (Å²) < 4.78 is 0. The van der Waals surface area contributed by atoms with Crippen molar-refractivity contribution in [3.8, 4) is 0 Å². The van der Waals surface area contributed by atoms with Crippen molar-refractivity contribution in [2.24, 2.45) is 0 Å². The van der Waals surface area contributed by atoms with Gasteiger partial charge < -0.3 is 15.5 Å². The topological polar surface area (TPSA) is 62.6 Å². The third kappa shape index (κ3) is 5.93. The fourth-order valence-electron chi connectivity index (χ4n) is 2.85. The molecular formula is C22H30N3O2+. The predicted molar refractivity (Wildman–Crippen MR) is 110 cm³/mol. The Bertz CT molecular complexity index is 771. The normalized spacial score (nSPS) is 12.9. The van der Waals surface area contributed by atoms with Crippen LogP contribution >= 0.6 is 0 Å². The third-order valence-corrected chi connectivity index (χ3v) is 4.87. The van der Waals surface area contributed by atoms with E-state index in [1.165, 1.54) is 5.56 Å². The zero-order valence-electron chi connectivity index (χ0n) is 16.6. The molecule has 27 heavy (non-hydrogen) atoms. The van der Waals surface area contributed by atoms with E-state index in [1.807, 2.05) is 62.5 Å². The molecule has 2 amide bonds. The highest BCUT2D eigenvalue weighted by Gasteiger charge is 2.24. The maximum atomic E-state index is 12.5. The second-order valence-electron chi connectivity index (χ2n) is 6.84. The smallest absolute Gasteiger partial charge is 0.282 e. The number of anilines is 2. The van der Waals surface area contributed by atoms with Gasteiger partial charge in [0, 0.05) is 11.4 Å². The van der Waals surface area contributed by atoms with Gasteiger partial charge in [0.15, 0.2) is 12.6 Å². The Labute approximate surface area is 161 Å². The molecule has 2 aromatic carbocycles. The summed E-state index contributed by atoms with van der Waals surface area (Å²) in [5, 5.41) is 5.88. The molecule has 2 aromatic rings. The Hall–Kier alpha value is -2.66. The summed E-state index contributed by atoms with van der Waals surface area (Å²) in [4.78, 5) is 25.7. The van der Waals surface area contributed by atoms with E-state index >= 15 is 0 Å². The lowest BCUT2D eigenvalue weighted by atomic mass is 10.1. The van der Waals surface area contributed by atoms with E-state index in [9.17, 15) is 9.59 Å². The Balaban J connectivity index is 1.90. The first-order valence-corrected chi connectivity index (χ1v) is 9.54. The SMILES string of the molecule is CCc1ccc(NC(=O)[C@@H](C)[NH+](C)CC(=O)Nc2ccccc2CC)cc1. The lowest BCUT2D eigenvalue weighted by molar-refractivity contribution is -0.885. The van der Waals surface area contributed by atoms with Crippen molar-refractivity contribution in [1.82, 2.24) is 0 Å². The maximum absolute atomic E-state index is 12.5. The van der Waals surface area contributed by atoms with Crippen LogP contribution in [0.15, 0.2) is 48.5 Å². The first kappa shape index (κ1) is 20.6. The molecule has 0 saturated carbocycles. The molecule has 0 aliphatic carbocycles. The maximum Gasteiger partial charge on any atom is 0.282 e. The number of hydrogen-bond acceptors (Lipinski definition) is 2. The molecule has 3 N–H and O–H groups in total. The van der Waals surface area contributed by atoms with Crippen molar-refractivity contribution in [1.29, 1.82) is 0 Å². The fourth-order valence-corrected chi connectivity index (χ4v) is 2.85. The van der Waals surface area contributed by atoms with Gasteiger partial charge in [-0.25, -0.2) is 0 Å². The van der Waals surface area contributed by atoms with Gasteiger partial charge in [-0.15, -0.1) is 0 Å². The van der Waals surface area contributed by atoms with E-state index in [0.717, 1.165) is 34.7 Å². The van der Waals surface area contributed by atoms with Crippen molar-refractivity contribution in [2.45, 2.75) is 39.7 Å². The molecule has 1 unspecified atom stereocenters. The second-order valence-corrected chi connectivity index (χ2v) is 6.84. The van der Waals surface area contributed by atoms with Gasteiger partial charge >= 0.3 is 0 Å². The number of carbonyl (C=O) groups is 2. The Kier molecular flexibility index (Phi) is 7.55. The first-order chi connectivity index (χ1) is 12.9. The van der Waals surface area contributed by atoms with Crippen LogP contribution in [0.2, 0.25) is 0 Å². The summed E-state index contributed by atoms with van der Waals surface area (Å²) in [5.41, 5.74) is 3.95. The van der Waals surface area contributed by atoms with Gasteiger partial charge in [0.1, 0.15) is 0 Å². The number of benzene rings is 2. The lowest BCUT2D eigenvalue weighted by Crippen LogP contribution is -3.14. The number of rotatable bonds is 8. The van der Waals surface area contributed by atoms with E-state index in [1.54, 1.807) is 0 Å². The molecular weight excluding hydrogens is 338 g/mol. The molecule has 0 aromatic heterocycles. The van der Waals surface area contributed by atoms with Gasteiger partial charge in [0.25, 0.3) is 11.8 Å². The number of carbonyl (C=O) groups excluding carboxylic acids is 2. The number of quaternary nitrogens is 1. The largest absolute Gasteiger partial charge is 0.321 e. The number of nitrogens with one attached hydrogen (secondary N) is 3. The molecule has 2 rings (SSSR count). The van der Waals surface area contributed by atoms with E-state index in [0.29, 0.717) is 0 Å². The van der Waals surface area contributed by atoms with Crippen LogP contribution in [-0.4, -0.2) is 31.4 Å². The van der Waals surface area contributed by atoms with Crippen molar-refractivity contribution < 1.29 is 14.5 Å². The first-order valence-electron chi connectivity index (χ1n) is 9.54. The van der Waals surface area contributed by atoms with E-state index in [4.69, 9.17) is 0 Å². The fraction of sp³-hybridized carbons (Fsp3) is 0.364. The summed E-state index contributed by atoms with van der Waals surface area (Å²) in [5.74, 6) is -0.196. The molecule has 5 heteroatoms. The predicted octanol–water partition coefficient (Wildman–Crippen LogP) is 2.29. The number of amides is 2. The number of hydrogen-bond donors (Lipinski definition) is 3. The Morgan fingerprint density at radius 3 is 2.26 bits per heavy atom. The van der Waals surface area contributed by atoms with Crippen LogP contribution in [0.4, 0.5) is 11.4 Å². The lowest BCUT2D eigenvalue weighted by Gasteiger charge is -2.21. The number of likely N-dealkylation sites (N-methyl/N-ethyl adjacent to an activating group) is 1. The average molecular weight is 369 g/mol. The standard InChI is InChI=1S/C22H29N3O2/c1-5-17-11-13-19(14-12-17)23-22(27)16(3)25(4)15-21(26)24-20-10-8-7-9-18(20)6-2/h7-14,16H,5-6,15H2,1-4H3,(H,23,27)(H,24,26)/p+1/t16-/m1/s1. The minimum atomic E-state index is -0.344. The quantitative estimate of drug-likeness (QED) is 0.669. The molecule has 0 aliphatic heterocycles. The summed E-state index contributed by atoms with van der Waals surface area (Å²) in [6.45, 7) is 6.21. The Morgan fingerprint density at radius 1 is 0.963 bits per heavy atom. The van der Waals surface area contributed by atoms with Crippen LogP contribution in [0, 0.1) is 0 Å². The molecule has 144 valence electrons. The van der Waals surface area contributed by atoms with Crippen LogP contribution < -0.4 is 15.5 Å². The molecule has 0 aliphatic rings. The van der Waals surface area contributed by atoms with Crippen LogP contribution in [0.5, 0.6) is 0 Å². The van der Waals surface area contributed by atoms with Gasteiger partial charge in [-0.2, -0.15) is 0 Å². The van der Waals surface area contributed by atoms with E-state index < -0.39 is 0 Å². The molecule has 0 saturated heterocycles. The van der Waals surface area contributed by atoms with Crippen molar-refractivity contribution in [3.63, 3.8) is 0 Å². The summed E-state index contributed by atoms with van der Waals surface area (Å²) >= 11 is 0.